The first-order valence-electron chi connectivity index (χ1n) is 8.42. The highest BCUT2D eigenvalue weighted by molar-refractivity contribution is 6.38. The van der Waals surface area contributed by atoms with E-state index in [9.17, 15) is 9.59 Å². The van der Waals surface area contributed by atoms with Crippen LogP contribution in [0.25, 0.3) is 10.9 Å². The Morgan fingerprint density at radius 1 is 1.12 bits per heavy atom. The molecule has 0 aliphatic carbocycles. The molecular weight excluding hydrogens is 350 g/mol. The van der Waals surface area contributed by atoms with Crippen molar-refractivity contribution in [3.63, 3.8) is 0 Å². The van der Waals surface area contributed by atoms with Crippen LogP contribution < -0.4 is 0 Å². The van der Waals surface area contributed by atoms with Gasteiger partial charge in [0.2, 0.25) is 0 Å². The number of rotatable bonds is 6. The van der Waals surface area contributed by atoms with E-state index in [4.69, 9.17) is 16.3 Å². The number of esters is 1. The average Bonchev–Trinajstić information content (AvgIpc) is 2.67. The van der Waals surface area contributed by atoms with Gasteiger partial charge < -0.3 is 4.74 Å². The minimum Gasteiger partial charge on any atom is -0.457 e. The first kappa shape index (κ1) is 18.1. The van der Waals surface area contributed by atoms with Crippen molar-refractivity contribution >= 4 is 34.3 Å². The van der Waals surface area contributed by atoms with Gasteiger partial charge in [-0.15, -0.1) is 0 Å². The van der Waals surface area contributed by atoms with E-state index in [1.165, 1.54) is 6.20 Å². The molecule has 2 aromatic carbocycles. The van der Waals surface area contributed by atoms with Gasteiger partial charge in [-0.2, -0.15) is 0 Å². The van der Waals surface area contributed by atoms with E-state index in [2.05, 4.69) is 4.98 Å². The predicted molar refractivity (Wildman–Crippen MR) is 102 cm³/mol. The van der Waals surface area contributed by atoms with E-state index in [-0.39, 0.29) is 18.4 Å². The number of ketones is 1. The van der Waals surface area contributed by atoms with Crippen molar-refractivity contribution in [2.24, 2.45) is 0 Å². The fraction of sp³-hybridized carbons (Fsp3) is 0.190. The van der Waals surface area contributed by atoms with Crippen LogP contribution in [0.5, 0.6) is 0 Å². The number of benzene rings is 2. The molecule has 132 valence electrons. The monoisotopic (exact) mass is 367 g/mol. The molecule has 26 heavy (non-hydrogen) atoms. The topological polar surface area (TPSA) is 56.3 Å². The van der Waals surface area contributed by atoms with Gasteiger partial charge in [0.1, 0.15) is 6.61 Å². The molecule has 0 aliphatic rings. The Hall–Kier alpha value is -2.72. The molecular formula is C21H18ClNO3. The van der Waals surface area contributed by atoms with Crippen LogP contribution in [0, 0.1) is 0 Å². The van der Waals surface area contributed by atoms with Crippen molar-refractivity contribution in [3.05, 3.63) is 76.4 Å². The summed E-state index contributed by atoms with van der Waals surface area (Å²) < 4.78 is 5.33. The Kier molecular flexibility index (Phi) is 5.64. The molecule has 4 nitrogen and oxygen atoms in total. The van der Waals surface area contributed by atoms with Crippen molar-refractivity contribution < 1.29 is 14.3 Å². The number of hydrogen-bond donors (Lipinski definition) is 0. The van der Waals surface area contributed by atoms with Crippen molar-refractivity contribution in [1.82, 2.24) is 4.98 Å². The summed E-state index contributed by atoms with van der Waals surface area (Å²) in [7, 11) is 0. The number of Topliss-reactive ketones (excluding diaryl/α,β-unsaturated/α-hetero) is 1. The van der Waals surface area contributed by atoms with Gasteiger partial charge >= 0.3 is 5.97 Å². The molecule has 0 saturated carbocycles. The highest BCUT2D eigenvalue weighted by Crippen LogP contribution is 2.27. The molecule has 0 spiro atoms. The molecule has 0 atom stereocenters. The molecule has 0 radical (unpaired) electrons. The van der Waals surface area contributed by atoms with E-state index < -0.39 is 0 Å². The smallest absolute Gasteiger partial charge is 0.338 e. The number of carbonyl (C=O) groups is 2. The Morgan fingerprint density at radius 3 is 2.62 bits per heavy atom. The zero-order valence-electron chi connectivity index (χ0n) is 14.4. The molecule has 0 saturated heterocycles. The summed E-state index contributed by atoms with van der Waals surface area (Å²) in [6, 6.07) is 14.3. The van der Waals surface area contributed by atoms with E-state index >= 15 is 0 Å². The van der Waals surface area contributed by atoms with Gasteiger partial charge in [0.15, 0.2) is 5.78 Å². The lowest BCUT2D eigenvalue weighted by Crippen LogP contribution is -2.05. The van der Waals surface area contributed by atoms with Gasteiger partial charge in [0.25, 0.3) is 0 Å². The van der Waals surface area contributed by atoms with Crippen LogP contribution in [0.3, 0.4) is 0 Å². The summed E-state index contributed by atoms with van der Waals surface area (Å²) in [6.07, 6.45) is 2.72. The standard InChI is InChI=1S/C21H18ClNO3/c1-2-6-19(24)17-12-23-18-11-14(9-10-16(18)20(17)22)13-26-21(25)15-7-4-3-5-8-15/h3-5,7-12H,2,6,13H2,1H3. The van der Waals surface area contributed by atoms with Crippen LogP contribution in [0.15, 0.2) is 54.7 Å². The number of hydrogen-bond acceptors (Lipinski definition) is 4. The van der Waals surface area contributed by atoms with Crippen LogP contribution in [-0.4, -0.2) is 16.7 Å². The number of carbonyl (C=O) groups excluding carboxylic acids is 2. The van der Waals surface area contributed by atoms with Crippen LogP contribution in [-0.2, 0) is 11.3 Å². The van der Waals surface area contributed by atoms with E-state index in [1.54, 1.807) is 30.3 Å². The minimum absolute atomic E-state index is 0.00670. The first-order valence-corrected chi connectivity index (χ1v) is 8.80. The fourth-order valence-corrected chi connectivity index (χ4v) is 2.97. The number of aromatic nitrogens is 1. The van der Waals surface area contributed by atoms with E-state index in [0.717, 1.165) is 12.0 Å². The SMILES string of the molecule is CCCC(=O)c1cnc2cc(COC(=O)c3ccccc3)ccc2c1Cl. The van der Waals surface area contributed by atoms with Crippen molar-refractivity contribution in [2.45, 2.75) is 26.4 Å². The second kappa shape index (κ2) is 8.11. The highest BCUT2D eigenvalue weighted by Gasteiger charge is 2.14. The van der Waals surface area contributed by atoms with Crippen molar-refractivity contribution in [2.75, 3.05) is 0 Å². The average molecular weight is 368 g/mol. The van der Waals surface area contributed by atoms with Gasteiger partial charge in [-0.1, -0.05) is 48.9 Å². The summed E-state index contributed by atoms with van der Waals surface area (Å²) in [6.45, 7) is 2.09. The number of halogens is 1. The molecule has 5 heteroatoms. The van der Waals surface area contributed by atoms with E-state index in [1.807, 2.05) is 25.1 Å². The maximum atomic E-state index is 12.1. The third-order valence-electron chi connectivity index (χ3n) is 4.02. The van der Waals surface area contributed by atoms with Crippen LogP contribution in [0.2, 0.25) is 5.02 Å². The largest absolute Gasteiger partial charge is 0.457 e. The number of fused-ring (bicyclic) bond motifs is 1. The van der Waals surface area contributed by atoms with Gasteiger partial charge in [-0.25, -0.2) is 4.79 Å². The van der Waals surface area contributed by atoms with Gasteiger partial charge in [-0.3, -0.25) is 9.78 Å². The normalized spacial score (nSPS) is 10.7. The number of ether oxygens (including phenoxy) is 1. The Morgan fingerprint density at radius 2 is 1.88 bits per heavy atom. The summed E-state index contributed by atoms with van der Waals surface area (Å²) in [5, 5.41) is 1.13. The maximum absolute atomic E-state index is 12.1. The van der Waals surface area contributed by atoms with Gasteiger partial charge in [-0.05, 0) is 30.2 Å². The minimum atomic E-state index is -0.378. The van der Waals surface area contributed by atoms with Gasteiger partial charge in [0.05, 0.1) is 21.7 Å². The van der Waals surface area contributed by atoms with Crippen LogP contribution >= 0.6 is 11.6 Å². The molecule has 1 aromatic heterocycles. The molecule has 3 rings (SSSR count). The summed E-state index contributed by atoms with van der Waals surface area (Å²) >= 11 is 6.39. The van der Waals surface area contributed by atoms with Crippen LogP contribution in [0.4, 0.5) is 0 Å². The van der Waals surface area contributed by atoms with Gasteiger partial charge in [0, 0.05) is 18.0 Å². The number of pyridine rings is 1. The second-order valence-corrected chi connectivity index (χ2v) is 6.33. The first-order chi connectivity index (χ1) is 12.6. The molecule has 0 amide bonds. The quantitative estimate of drug-likeness (QED) is 0.442. The Bertz CT molecular complexity index is 954. The molecule has 1 heterocycles. The highest BCUT2D eigenvalue weighted by atomic mass is 35.5. The third-order valence-corrected chi connectivity index (χ3v) is 4.43. The maximum Gasteiger partial charge on any atom is 0.338 e. The molecule has 0 N–H and O–H groups in total. The van der Waals surface area contributed by atoms with Crippen molar-refractivity contribution in [1.29, 1.82) is 0 Å². The lowest BCUT2D eigenvalue weighted by Gasteiger charge is -2.09. The fourth-order valence-electron chi connectivity index (χ4n) is 2.66. The Labute approximate surface area is 156 Å². The molecule has 0 fully saturated rings. The molecule has 0 bridgehead atoms. The Balaban J connectivity index is 1.78. The predicted octanol–water partition coefficient (Wildman–Crippen LogP) is 5.23. The lowest BCUT2D eigenvalue weighted by atomic mass is 10.1. The molecule has 3 aromatic rings. The third kappa shape index (κ3) is 3.92. The van der Waals surface area contributed by atoms with E-state index in [0.29, 0.717) is 33.5 Å². The zero-order valence-corrected chi connectivity index (χ0v) is 15.1. The number of nitrogens with zero attached hydrogens (tertiary/aromatic N) is 1. The molecule has 0 unspecified atom stereocenters. The molecule has 0 aliphatic heterocycles. The zero-order chi connectivity index (χ0) is 18.5. The van der Waals surface area contributed by atoms with Crippen molar-refractivity contribution in [3.8, 4) is 0 Å². The lowest BCUT2D eigenvalue weighted by molar-refractivity contribution is 0.0472. The summed E-state index contributed by atoms with van der Waals surface area (Å²) in [5.41, 5.74) is 2.42. The summed E-state index contributed by atoms with van der Waals surface area (Å²) in [5.74, 6) is -0.384. The summed E-state index contributed by atoms with van der Waals surface area (Å²) in [4.78, 5) is 28.5. The second-order valence-electron chi connectivity index (χ2n) is 5.95. The van der Waals surface area contributed by atoms with Crippen LogP contribution in [0.1, 0.15) is 46.0 Å².